The molecular formula is C43H49ClN4O3. The van der Waals surface area contributed by atoms with Crippen molar-refractivity contribution in [1.82, 2.24) is 20.0 Å². The topological polar surface area (TPSA) is 65.1 Å². The molecular weight excluding hydrogens is 656 g/mol. The highest BCUT2D eigenvalue weighted by Crippen LogP contribution is 2.42. The first-order valence-corrected chi connectivity index (χ1v) is 19.0. The van der Waals surface area contributed by atoms with Gasteiger partial charge in [-0.2, -0.15) is 0 Å². The SMILES string of the molecule is O=C(N[C@@H](C(=O)N1CCN(Cc2ccccc2C2CC2)CC1)C1CCN(CCc2cc(Cl)ccc2-c2ccccc2)CC1)OCc1ccccc1. The highest BCUT2D eigenvalue weighted by Gasteiger charge is 2.37. The van der Waals surface area contributed by atoms with E-state index in [0.29, 0.717) is 19.0 Å². The van der Waals surface area contributed by atoms with Crippen molar-refractivity contribution in [2.45, 2.75) is 57.2 Å². The number of likely N-dealkylation sites (tertiary alicyclic amines) is 1. The predicted molar refractivity (Wildman–Crippen MR) is 204 cm³/mol. The van der Waals surface area contributed by atoms with Crippen LogP contribution in [0.5, 0.6) is 0 Å². The van der Waals surface area contributed by atoms with E-state index < -0.39 is 12.1 Å². The lowest BCUT2D eigenvalue weighted by molar-refractivity contribution is -0.137. The van der Waals surface area contributed by atoms with E-state index in [4.69, 9.17) is 16.3 Å². The number of halogens is 1. The summed E-state index contributed by atoms with van der Waals surface area (Å²) in [5.41, 5.74) is 7.47. The number of ether oxygens (including phenoxy) is 1. The molecule has 0 bridgehead atoms. The minimum absolute atomic E-state index is 0.00886. The molecule has 4 aromatic rings. The number of nitrogens with one attached hydrogen (secondary N) is 1. The Morgan fingerprint density at radius 1 is 0.745 bits per heavy atom. The van der Waals surface area contributed by atoms with Gasteiger partial charge >= 0.3 is 6.09 Å². The largest absolute Gasteiger partial charge is 0.445 e. The van der Waals surface area contributed by atoms with Gasteiger partial charge in [0.15, 0.2) is 0 Å². The van der Waals surface area contributed by atoms with Crippen molar-refractivity contribution in [1.29, 1.82) is 0 Å². The summed E-state index contributed by atoms with van der Waals surface area (Å²) in [5.74, 6) is 0.759. The van der Waals surface area contributed by atoms with Crippen molar-refractivity contribution >= 4 is 23.6 Å². The second-order valence-corrected chi connectivity index (χ2v) is 14.8. The Hall–Kier alpha value is -4.17. The van der Waals surface area contributed by atoms with Crippen molar-refractivity contribution in [2.24, 2.45) is 5.92 Å². The number of hydrogen-bond acceptors (Lipinski definition) is 5. The number of benzene rings is 4. The Labute approximate surface area is 307 Å². The van der Waals surface area contributed by atoms with Crippen molar-refractivity contribution in [3.8, 4) is 11.1 Å². The van der Waals surface area contributed by atoms with Gasteiger partial charge in [0, 0.05) is 44.3 Å². The molecule has 3 fully saturated rings. The van der Waals surface area contributed by atoms with Gasteiger partial charge in [-0.05, 0) is 103 Å². The van der Waals surface area contributed by atoms with Crippen molar-refractivity contribution in [3.63, 3.8) is 0 Å². The average molecular weight is 705 g/mol. The molecule has 0 radical (unpaired) electrons. The van der Waals surface area contributed by atoms with Gasteiger partial charge in [-0.15, -0.1) is 0 Å². The minimum atomic E-state index is -0.616. The van der Waals surface area contributed by atoms with E-state index in [2.05, 4.69) is 75.8 Å². The number of piperazine rings is 1. The fourth-order valence-electron chi connectivity index (χ4n) is 7.76. The second kappa shape index (κ2) is 16.9. The van der Waals surface area contributed by atoms with Crippen LogP contribution in [0.1, 0.15) is 53.9 Å². The number of alkyl carbamates (subject to hydrolysis) is 1. The summed E-state index contributed by atoms with van der Waals surface area (Å²) in [4.78, 5) is 34.3. The number of rotatable bonds is 12. The summed E-state index contributed by atoms with van der Waals surface area (Å²) in [7, 11) is 0. The maximum absolute atomic E-state index is 14.2. The van der Waals surface area contributed by atoms with Crippen LogP contribution in [0.2, 0.25) is 5.02 Å². The maximum Gasteiger partial charge on any atom is 0.408 e. The van der Waals surface area contributed by atoms with Gasteiger partial charge in [0.1, 0.15) is 12.6 Å². The van der Waals surface area contributed by atoms with Gasteiger partial charge < -0.3 is 19.9 Å². The molecule has 51 heavy (non-hydrogen) atoms. The maximum atomic E-state index is 14.2. The highest BCUT2D eigenvalue weighted by atomic mass is 35.5. The van der Waals surface area contributed by atoms with Crippen LogP contribution in [-0.4, -0.2) is 78.6 Å². The molecule has 2 aliphatic heterocycles. The molecule has 266 valence electrons. The van der Waals surface area contributed by atoms with E-state index in [1.807, 2.05) is 47.4 Å². The van der Waals surface area contributed by atoms with Crippen LogP contribution in [-0.2, 0) is 29.1 Å². The van der Waals surface area contributed by atoms with Gasteiger partial charge in [-0.1, -0.05) is 103 Å². The molecule has 2 heterocycles. The molecule has 1 aliphatic carbocycles. The van der Waals surface area contributed by atoms with E-state index in [1.54, 1.807) is 0 Å². The summed E-state index contributed by atoms with van der Waals surface area (Å²) in [6.07, 6.45) is 4.58. The third-order valence-corrected chi connectivity index (χ3v) is 11.1. The number of nitrogens with zero attached hydrogens (tertiary/aromatic N) is 3. The summed E-state index contributed by atoms with van der Waals surface area (Å²) < 4.78 is 5.62. The Balaban J connectivity index is 0.968. The predicted octanol–water partition coefficient (Wildman–Crippen LogP) is 7.78. The smallest absolute Gasteiger partial charge is 0.408 e. The van der Waals surface area contributed by atoms with Gasteiger partial charge in [-0.25, -0.2) is 4.79 Å². The summed E-state index contributed by atoms with van der Waals surface area (Å²) in [6.45, 7) is 6.68. The van der Waals surface area contributed by atoms with Crippen molar-refractivity contribution < 1.29 is 14.3 Å². The minimum Gasteiger partial charge on any atom is -0.445 e. The second-order valence-electron chi connectivity index (χ2n) is 14.4. The van der Waals surface area contributed by atoms with E-state index in [9.17, 15) is 9.59 Å². The zero-order valence-corrected chi connectivity index (χ0v) is 30.1. The average Bonchev–Trinajstić information content (AvgIpc) is 4.03. The van der Waals surface area contributed by atoms with Gasteiger partial charge in [-0.3, -0.25) is 9.69 Å². The number of amides is 2. The molecule has 2 amide bonds. The lowest BCUT2D eigenvalue weighted by Gasteiger charge is -2.40. The molecule has 7 rings (SSSR count). The van der Waals surface area contributed by atoms with Crippen LogP contribution in [0.25, 0.3) is 11.1 Å². The van der Waals surface area contributed by atoms with Crippen LogP contribution < -0.4 is 5.32 Å². The Morgan fingerprint density at radius 2 is 1.43 bits per heavy atom. The quantitative estimate of drug-likeness (QED) is 0.163. The van der Waals surface area contributed by atoms with Crippen LogP contribution in [0.15, 0.2) is 103 Å². The zero-order chi connectivity index (χ0) is 35.0. The number of carbonyl (C=O) groups excluding carboxylic acids is 2. The first-order chi connectivity index (χ1) is 25.0. The molecule has 4 aromatic carbocycles. The van der Waals surface area contributed by atoms with Crippen molar-refractivity contribution in [2.75, 3.05) is 45.8 Å². The standard InChI is InChI=1S/C43H49ClN4O3/c44-38-17-18-40(33-11-5-2-6-12-33)36(29-38)21-24-46-22-19-35(20-23-46)41(45-43(50)51-31-32-9-3-1-4-10-32)42(49)48-27-25-47(26-28-48)30-37-13-7-8-14-39(37)34-15-16-34/h1-14,17-18,29,34-35,41H,15-16,19-28,30-31H2,(H,45,50)/t41-/m1/s1. The Bertz CT molecular complexity index is 1750. The Morgan fingerprint density at radius 3 is 2.16 bits per heavy atom. The number of piperidine rings is 1. The molecule has 1 N–H and O–H groups in total. The van der Waals surface area contributed by atoms with Gasteiger partial charge in [0.25, 0.3) is 0 Å². The van der Waals surface area contributed by atoms with Gasteiger partial charge in [0.05, 0.1) is 0 Å². The van der Waals surface area contributed by atoms with Crippen LogP contribution in [0.4, 0.5) is 4.79 Å². The molecule has 0 spiro atoms. The summed E-state index contributed by atoms with van der Waals surface area (Å²) in [5, 5.41) is 3.79. The molecule has 0 aromatic heterocycles. The molecule has 8 heteroatoms. The van der Waals surface area contributed by atoms with Gasteiger partial charge in [0.2, 0.25) is 5.91 Å². The molecule has 1 atom stereocenters. The Kier molecular flexibility index (Phi) is 11.7. The van der Waals surface area contributed by atoms with E-state index in [-0.39, 0.29) is 18.4 Å². The highest BCUT2D eigenvalue weighted by molar-refractivity contribution is 6.30. The fraction of sp³-hybridized carbons (Fsp3) is 0.395. The summed E-state index contributed by atoms with van der Waals surface area (Å²) in [6, 6.07) is 34.5. The van der Waals surface area contributed by atoms with Crippen LogP contribution in [0, 0.1) is 5.92 Å². The first-order valence-electron chi connectivity index (χ1n) is 18.6. The lowest BCUT2D eigenvalue weighted by Crippen LogP contribution is -2.58. The van der Waals surface area contributed by atoms with E-state index >= 15 is 0 Å². The lowest BCUT2D eigenvalue weighted by atomic mass is 9.88. The van der Waals surface area contributed by atoms with E-state index in [0.717, 1.165) is 69.1 Å². The van der Waals surface area contributed by atoms with E-state index in [1.165, 1.54) is 40.7 Å². The molecule has 2 saturated heterocycles. The van der Waals surface area contributed by atoms with Crippen LogP contribution >= 0.6 is 11.6 Å². The molecule has 1 saturated carbocycles. The van der Waals surface area contributed by atoms with Crippen LogP contribution in [0.3, 0.4) is 0 Å². The number of carbonyl (C=O) groups is 2. The third kappa shape index (κ3) is 9.39. The molecule has 0 unspecified atom stereocenters. The first kappa shape index (κ1) is 35.2. The number of hydrogen-bond donors (Lipinski definition) is 1. The zero-order valence-electron chi connectivity index (χ0n) is 29.4. The fourth-order valence-corrected chi connectivity index (χ4v) is 7.96. The summed E-state index contributed by atoms with van der Waals surface area (Å²) >= 11 is 6.44. The molecule has 3 aliphatic rings. The van der Waals surface area contributed by atoms with Crippen molar-refractivity contribution in [3.05, 3.63) is 130 Å². The monoisotopic (exact) mass is 704 g/mol. The normalized spacial score (nSPS) is 17.9. The third-order valence-electron chi connectivity index (χ3n) is 10.9. The molecule has 7 nitrogen and oxygen atoms in total.